The van der Waals surface area contributed by atoms with E-state index in [9.17, 15) is 23.5 Å². The predicted molar refractivity (Wildman–Crippen MR) is 97.0 cm³/mol. The molecule has 0 fully saturated rings. The number of fused-ring (bicyclic) bond motifs is 2. The minimum absolute atomic E-state index is 0.293. The molecule has 5 nitrogen and oxygen atoms in total. The monoisotopic (exact) mass is 388 g/mol. The number of hydrogen-bond donors (Lipinski definition) is 2. The van der Waals surface area contributed by atoms with Crippen LogP contribution < -0.4 is 10.7 Å². The summed E-state index contributed by atoms with van der Waals surface area (Å²) < 4.78 is 44.2. The number of carboxylic acid groups (broad SMARTS) is 1. The summed E-state index contributed by atoms with van der Waals surface area (Å²) in [6, 6.07) is 5.85. The van der Waals surface area contributed by atoms with Crippen molar-refractivity contribution in [1.29, 1.82) is 0 Å². The fourth-order valence-corrected chi connectivity index (χ4v) is 3.62. The Morgan fingerprint density at radius 3 is 2.64 bits per heavy atom. The smallest absolute Gasteiger partial charge is 0.341 e. The number of alkyl halides is 1. The van der Waals surface area contributed by atoms with Crippen LogP contribution in [0, 0.1) is 11.6 Å². The van der Waals surface area contributed by atoms with Gasteiger partial charge in [0.15, 0.2) is 5.82 Å². The van der Waals surface area contributed by atoms with Gasteiger partial charge in [0.2, 0.25) is 5.43 Å². The summed E-state index contributed by atoms with van der Waals surface area (Å²) >= 11 is 0. The maximum atomic E-state index is 15.4. The Balaban J connectivity index is 2.05. The molecular formula is C20H15F3N2O3. The molecule has 0 atom stereocenters. The van der Waals surface area contributed by atoms with Crippen molar-refractivity contribution in [3.05, 3.63) is 69.0 Å². The highest BCUT2D eigenvalue weighted by Crippen LogP contribution is 2.33. The van der Waals surface area contributed by atoms with E-state index in [1.165, 1.54) is 0 Å². The SMILES string of the molecule is O=C(O)c1cn(CCF)c2c(F)c(-c3ccc4c(c3)CNC4)c(F)cc2c1=O. The molecule has 1 aromatic heterocycles. The molecule has 1 aliphatic rings. The van der Waals surface area contributed by atoms with Crippen molar-refractivity contribution in [1.82, 2.24) is 9.88 Å². The van der Waals surface area contributed by atoms with Crippen LogP contribution in [0.1, 0.15) is 21.5 Å². The molecule has 0 amide bonds. The number of aromatic carboxylic acids is 1. The first-order valence-electron chi connectivity index (χ1n) is 8.59. The highest BCUT2D eigenvalue weighted by atomic mass is 19.1. The number of aryl methyl sites for hydroxylation is 1. The average Bonchev–Trinajstić information content (AvgIpc) is 3.11. The number of halogens is 3. The van der Waals surface area contributed by atoms with E-state index in [2.05, 4.69) is 5.32 Å². The number of hydrogen-bond acceptors (Lipinski definition) is 3. The first-order valence-corrected chi connectivity index (χ1v) is 8.59. The highest BCUT2D eigenvalue weighted by molar-refractivity contribution is 5.94. The first-order chi connectivity index (χ1) is 13.4. The quantitative estimate of drug-likeness (QED) is 0.720. The van der Waals surface area contributed by atoms with Gasteiger partial charge in [-0.15, -0.1) is 0 Å². The summed E-state index contributed by atoms with van der Waals surface area (Å²) in [7, 11) is 0. The molecule has 4 rings (SSSR count). The van der Waals surface area contributed by atoms with Crippen LogP contribution in [0.4, 0.5) is 13.2 Å². The number of aromatic nitrogens is 1. The van der Waals surface area contributed by atoms with Crippen molar-refractivity contribution in [2.75, 3.05) is 6.67 Å². The van der Waals surface area contributed by atoms with Crippen LogP contribution in [0.5, 0.6) is 0 Å². The maximum absolute atomic E-state index is 15.4. The normalized spacial score (nSPS) is 13.1. The molecule has 28 heavy (non-hydrogen) atoms. The lowest BCUT2D eigenvalue weighted by Gasteiger charge is -2.15. The lowest BCUT2D eigenvalue weighted by atomic mass is 9.97. The summed E-state index contributed by atoms with van der Waals surface area (Å²) in [5.74, 6) is -3.55. The third-order valence-corrected chi connectivity index (χ3v) is 4.94. The largest absolute Gasteiger partial charge is 0.477 e. The molecule has 0 unspecified atom stereocenters. The standard InChI is InChI=1S/C20H15F3N2O3/c21-3-4-25-9-14(20(27)28)19(26)13-6-15(22)16(17(23)18(13)25)10-1-2-11-7-24-8-12(11)5-10/h1-2,5-6,9,24H,3-4,7-8H2,(H,27,28). The fraction of sp³-hybridized carbons (Fsp3) is 0.200. The molecular weight excluding hydrogens is 373 g/mol. The third-order valence-electron chi connectivity index (χ3n) is 4.94. The zero-order valence-corrected chi connectivity index (χ0v) is 14.6. The minimum Gasteiger partial charge on any atom is -0.477 e. The molecule has 1 aliphatic heterocycles. The van der Waals surface area contributed by atoms with Gasteiger partial charge in [-0.25, -0.2) is 18.0 Å². The lowest BCUT2D eigenvalue weighted by Crippen LogP contribution is -2.20. The number of pyridine rings is 1. The zero-order chi connectivity index (χ0) is 20.0. The van der Waals surface area contributed by atoms with Crippen molar-refractivity contribution in [3.63, 3.8) is 0 Å². The van der Waals surface area contributed by atoms with Crippen LogP contribution in [0.15, 0.2) is 35.3 Å². The fourth-order valence-electron chi connectivity index (χ4n) is 3.62. The van der Waals surface area contributed by atoms with E-state index < -0.39 is 40.7 Å². The van der Waals surface area contributed by atoms with E-state index in [1.807, 2.05) is 0 Å². The van der Waals surface area contributed by atoms with Crippen molar-refractivity contribution < 1.29 is 23.1 Å². The second-order valence-corrected chi connectivity index (χ2v) is 6.59. The van der Waals surface area contributed by atoms with E-state index in [4.69, 9.17) is 0 Å². The van der Waals surface area contributed by atoms with Gasteiger partial charge in [-0.1, -0.05) is 12.1 Å². The Morgan fingerprint density at radius 1 is 1.18 bits per heavy atom. The molecule has 0 spiro atoms. The molecule has 0 saturated carbocycles. The number of carboxylic acids is 1. The highest BCUT2D eigenvalue weighted by Gasteiger charge is 2.23. The van der Waals surface area contributed by atoms with E-state index in [-0.39, 0.29) is 17.6 Å². The lowest BCUT2D eigenvalue weighted by molar-refractivity contribution is 0.0694. The van der Waals surface area contributed by atoms with Gasteiger partial charge in [-0.05, 0) is 28.8 Å². The van der Waals surface area contributed by atoms with Crippen molar-refractivity contribution in [2.24, 2.45) is 0 Å². The Bertz CT molecular complexity index is 1190. The summed E-state index contributed by atoms with van der Waals surface area (Å²) in [5, 5.41) is 11.9. The molecule has 8 heteroatoms. The van der Waals surface area contributed by atoms with Crippen LogP contribution in [0.2, 0.25) is 0 Å². The van der Waals surface area contributed by atoms with Gasteiger partial charge in [0, 0.05) is 19.3 Å². The number of carbonyl (C=O) groups is 1. The summed E-state index contributed by atoms with van der Waals surface area (Å²) in [6.45, 7) is -0.0261. The predicted octanol–water partition coefficient (Wildman–Crippen LogP) is 3.22. The number of nitrogens with one attached hydrogen (secondary N) is 1. The molecule has 2 aromatic carbocycles. The second-order valence-electron chi connectivity index (χ2n) is 6.59. The summed E-state index contributed by atoms with van der Waals surface area (Å²) in [4.78, 5) is 23.7. The van der Waals surface area contributed by atoms with E-state index in [0.717, 1.165) is 28.0 Å². The van der Waals surface area contributed by atoms with Gasteiger partial charge in [-0.2, -0.15) is 0 Å². The van der Waals surface area contributed by atoms with Gasteiger partial charge in [0.25, 0.3) is 0 Å². The molecule has 2 N–H and O–H groups in total. The van der Waals surface area contributed by atoms with Crippen LogP contribution in [-0.4, -0.2) is 22.3 Å². The van der Waals surface area contributed by atoms with Crippen LogP contribution in [0.25, 0.3) is 22.0 Å². The van der Waals surface area contributed by atoms with Crippen LogP contribution in [0.3, 0.4) is 0 Å². The Kier molecular flexibility index (Phi) is 4.43. The van der Waals surface area contributed by atoms with Crippen LogP contribution in [-0.2, 0) is 19.6 Å². The molecule has 0 aliphatic carbocycles. The van der Waals surface area contributed by atoms with Gasteiger partial charge in [0.1, 0.15) is 18.1 Å². The minimum atomic E-state index is -1.55. The second kappa shape index (κ2) is 6.79. The maximum Gasteiger partial charge on any atom is 0.341 e. The molecule has 3 aromatic rings. The molecule has 0 bridgehead atoms. The topological polar surface area (TPSA) is 71.3 Å². The van der Waals surface area contributed by atoms with Gasteiger partial charge >= 0.3 is 5.97 Å². The van der Waals surface area contributed by atoms with Gasteiger partial charge in [0.05, 0.1) is 23.0 Å². The summed E-state index contributed by atoms with van der Waals surface area (Å²) in [5.41, 5.74) is -0.0957. The number of benzene rings is 2. The van der Waals surface area contributed by atoms with Crippen molar-refractivity contribution in [2.45, 2.75) is 19.6 Å². The molecule has 144 valence electrons. The van der Waals surface area contributed by atoms with Gasteiger partial charge in [-0.3, -0.25) is 4.79 Å². The zero-order valence-electron chi connectivity index (χ0n) is 14.6. The Morgan fingerprint density at radius 2 is 1.93 bits per heavy atom. The molecule has 0 radical (unpaired) electrons. The number of rotatable bonds is 4. The van der Waals surface area contributed by atoms with E-state index in [0.29, 0.717) is 18.7 Å². The Hall–Kier alpha value is -3.13. The third kappa shape index (κ3) is 2.77. The molecule has 0 saturated heterocycles. The average molecular weight is 388 g/mol. The number of nitrogens with zero attached hydrogens (tertiary/aromatic N) is 1. The van der Waals surface area contributed by atoms with Crippen molar-refractivity contribution in [3.8, 4) is 11.1 Å². The van der Waals surface area contributed by atoms with Gasteiger partial charge < -0.3 is 15.0 Å². The molecule has 2 heterocycles. The summed E-state index contributed by atoms with van der Waals surface area (Å²) in [6.07, 6.45) is 0.893. The van der Waals surface area contributed by atoms with Crippen LogP contribution >= 0.6 is 0 Å². The first kappa shape index (κ1) is 18.2. The Labute approximate surface area is 157 Å². The van der Waals surface area contributed by atoms with Crippen molar-refractivity contribution >= 4 is 16.9 Å². The van der Waals surface area contributed by atoms with E-state index in [1.54, 1.807) is 18.2 Å². The van der Waals surface area contributed by atoms with E-state index >= 15 is 4.39 Å².